The van der Waals surface area contributed by atoms with Gasteiger partial charge in [0, 0.05) is 11.8 Å². The topological polar surface area (TPSA) is 86.5 Å². The molecule has 0 saturated heterocycles. The molecule has 2 aromatic heterocycles. The first-order chi connectivity index (χ1) is 13.4. The van der Waals surface area contributed by atoms with Crippen LogP contribution in [-0.4, -0.2) is 22.5 Å². The average Bonchev–Trinajstić information content (AvgIpc) is 3.12. The number of nitrogens with one attached hydrogen (secondary N) is 1. The van der Waals surface area contributed by atoms with E-state index in [1.54, 1.807) is 25.3 Å². The Hall–Kier alpha value is -3.35. The van der Waals surface area contributed by atoms with Crippen LogP contribution in [0.4, 0.5) is 11.7 Å². The SMILES string of the molecule is CCOC(=O)c1coc(Nc2cccnc2Oc2ccccc2C(C)(C)C)n1. The second-order valence-corrected chi connectivity index (χ2v) is 7.09. The van der Waals surface area contributed by atoms with Crippen LogP contribution < -0.4 is 10.1 Å². The zero-order valence-corrected chi connectivity index (χ0v) is 16.4. The third kappa shape index (κ3) is 4.49. The number of pyridine rings is 1. The average molecular weight is 381 g/mol. The highest BCUT2D eigenvalue weighted by molar-refractivity contribution is 5.87. The van der Waals surface area contributed by atoms with E-state index in [9.17, 15) is 4.79 Å². The number of oxazole rings is 1. The van der Waals surface area contributed by atoms with Crippen LogP contribution in [0.1, 0.15) is 43.7 Å². The van der Waals surface area contributed by atoms with Crippen molar-refractivity contribution >= 4 is 17.7 Å². The summed E-state index contributed by atoms with van der Waals surface area (Å²) < 4.78 is 16.3. The maximum Gasteiger partial charge on any atom is 0.360 e. The Bertz CT molecular complexity index is 960. The van der Waals surface area contributed by atoms with E-state index in [4.69, 9.17) is 13.9 Å². The number of aromatic nitrogens is 2. The number of benzene rings is 1. The molecule has 7 nitrogen and oxygen atoms in total. The molecule has 0 aliphatic heterocycles. The Morgan fingerprint density at radius 3 is 2.71 bits per heavy atom. The predicted octanol–water partition coefficient (Wildman–Crippen LogP) is 5.08. The monoisotopic (exact) mass is 381 g/mol. The van der Waals surface area contributed by atoms with Gasteiger partial charge in [0.25, 0.3) is 6.01 Å². The summed E-state index contributed by atoms with van der Waals surface area (Å²) in [5.74, 6) is 0.549. The first-order valence-corrected chi connectivity index (χ1v) is 9.00. The number of hydrogen-bond donors (Lipinski definition) is 1. The zero-order valence-electron chi connectivity index (χ0n) is 16.4. The fraction of sp³-hybridized carbons (Fsp3) is 0.286. The number of hydrogen-bond acceptors (Lipinski definition) is 7. The Kier molecular flexibility index (Phi) is 5.63. The molecule has 1 N–H and O–H groups in total. The molecular formula is C21H23N3O4. The van der Waals surface area contributed by atoms with E-state index in [0.717, 1.165) is 11.3 Å². The van der Waals surface area contributed by atoms with E-state index < -0.39 is 5.97 Å². The summed E-state index contributed by atoms with van der Waals surface area (Å²) in [7, 11) is 0. The molecular weight excluding hydrogens is 358 g/mol. The van der Waals surface area contributed by atoms with Crippen LogP contribution in [0.15, 0.2) is 53.3 Å². The fourth-order valence-electron chi connectivity index (χ4n) is 2.59. The second kappa shape index (κ2) is 8.12. The van der Waals surface area contributed by atoms with E-state index in [0.29, 0.717) is 11.6 Å². The maximum absolute atomic E-state index is 11.7. The van der Waals surface area contributed by atoms with E-state index in [1.165, 1.54) is 6.26 Å². The van der Waals surface area contributed by atoms with Gasteiger partial charge < -0.3 is 19.2 Å². The van der Waals surface area contributed by atoms with Crippen molar-refractivity contribution in [2.45, 2.75) is 33.1 Å². The third-order valence-electron chi connectivity index (χ3n) is 3.90. The minimum Gasteiger partial charge on any atom is -0.461 e. The van der Waals surface area contributed by atoms with E-state index in [1.807, 2.05) is 24.3 Å². The molecule has 0 saturated carbocycles. The Balaban J connectivity index is 1.84. The third-order valence-corrected chi connectivity index (χ3v) is 3.90. The van der Waals surface area contributed by atoms with Crippen molar-refractivity contribution in [1.29, 1.82) is 0 Å². The van der Waals surface area contributed by atoms with Crippen molar-refractivity contribution in [2.24, 2.45) is 0 Å². The lowest BCUT2D eigenvalue weighted by molar-refractivity contribution is 0.0519. The van der Waals surface area contributed by atoms with Crippen LogP contribution in [0.3, 0.4) is 0 Å². The molecule has 2 heterocycles. The fourth-order valence-corrected chi connectivity index (χ4v) is 2.59. The summed E-state index contributed by atoms with van der Waals surface area (Å²) in [6, 6.07) is 11.5. The van der Waals surface area contributed by atoms with Gasteiger partial charge in [-0.2, -0.15) is 4.98 Å². The molecule has 1 aromatic carbocycles. The van der Waals surface area contributed by atoms with Crippen LogP contribution in [0.2, 0.25) is 0 Å². The smallest absolute Gasteiger partial charge is 0.360 e. The van der Waals surface area contributed by atoms with E-state index in [2.05, 4.69) is 36.1 Å². The lowest BCUT2D eigenvalue weighted by Gasteiger charge is -2.22. The first kappa shape index (κ1) is 19.4. The van der Waals surface area contributed by atoms with Gasteiger partial charge in [-0.25, -0.2) is 9.78 Å². The van der Waals surface area contributed by atoms with E-state index in [-0.39, 0.29) is 23.7 Å². The number of esters is 1. The molecule has 3 aromatic rings. The summed E-state index contributed by atoms with van der Waals surface area (Å²) in [5.41, 5.74) is 1.63. The minimum absolute atomic E-state index is 0.0872. The van der Waals surface area contributed by atoms with Gasteiger partial charge in [0.05, 0.1) is 6.61 Å². The van der Waals surface area contributed by atoms with Gasteiger partial charge in [0.15, 0.2) is 5.69 Å². The number of carbonyl (C=O) groups is 1. The molecule has 3 rings (SSSR count). The summed E-state index contributed by atoms with van der Waals surface area (Å²) >= 11 is 0. The van der Waals surface area contributed by atoms with Gasteiger partial charge in [0.1, 0.15) is 17.7 Å². The summed E-state index contributed by atoms with van der Waals surface area (Å²) in [5, 5.41) is 3.00. The number of nitrogens with zero attached hydrogens (tertiary/aromatic N) is 2. The molecule has 0 aliphatic carbocycles. The summed E-state index contributed by atoms with van der Waals surface area (Å²) in [6.07, 6.45) is 2.88. The van der Waals surface area contributed by atoms with Crippen molar-refractivity contribution in [3.63, 3.8) is 0 Å². The van der Waals surface area contributed by atoms with Crippen LogP contribution in [-0.2, 0) is 10.2 Å². The summed E-state index contributed by atoms with van der Waals surface area (Å²) in [6.45, 7) is 8.36. The number of para-hydroxylation sites is 1. The Morgan fingerprint density at radius 1 is 1.18 bits per heavy atom. The van der Waals surface area contributed by atoms with Gasteiger partial charge >= 0.3 is 5.97 Å². The minimum atomic E-state index is -0.541. The van der Waals surface area contributed by atoms with E-state index >= 15 is 0 Å². The molecule has 0 atom stereocenters. The van der Waals surface area contributed by atoms with Crippen molar-refractivity contribution in [1.82, 2.24) is 9.97 Å². The second-order valence-electron chi connectivity index (χ2n) is 7.09. The lowest BCUT2D eigenvalue weighted by atomic mass is 9.86. The molecule has 146 valence electrons. The molecule has 0 fully saturated rings. The molecule has 7 heteroatoms. The number of carbonyl (C=O) groups excluding carboxylic acids is 1. The lowest BCUT2D eigenvalue weighted by Crippen LogP contribution is -2.12. The van der Waals surface area contributed by atoms with Crippen LogP contribution in [0.25, 0.3) is 0 Å². The normalized spacial score (nSPS) is 11.1. The molecule has 0 aliphatic rings. The highest BCUT2D eigenvalue weighted by Gasteiger charge is 2.20. The maximum atomic E-state index is 11.7. The van der Waals surface area contributed by atoms with Crippen LogP contribution in [0.5, 0.6) is 11.6 Å². The predicted molar refractivity (Wildman–Crippen MR) is 105 cm³/mol. The highest BCUT2D eigenvalue weighted by Crippen LogP contribution is 2.36. The Morgan fingerprint density at radius 2 is 1.96 bits per heavy atom. The number of ether oxygens (including phenoxy) is 2. The van der Waals surface area contributed by atoms with Gasteiger partial charge in [-0.15, -0.1) is 0 Å². The van der Waals surface area contributed by atoms with Crippen molar-refractivity contribution < 1.29 is 18.7 Å². The highest BCUT2D eigenvalue weighted by atomic mass is 16.5. The number of rotatable bonds is 6. The van der Waals surface area contributed by atoms with Crippen molar-refractivity contribution in [3.05, 3.63) is 60.1 Å². The van der Waals surface area contributed by atoms with Crippen molar-refractivity contribution in [3.8, 4) is 11.6 Å². The quantitative estimate of drug-likeness (QED) is 0.596. The first-order valence-electron chi connectivity index (χ1n) is 9.00. The van der Waals surface area contributed by atoms with Crippen molar-refractivity contribution in [2.75, 3.05) is 11.9 Å². The zero-order chi connectivity index (χ0) is 20.1. The van der Waals surface area contributed by atoms with Gasteiger partial charge in [-0.05, 0) is 30.5 Å². The largest absolute Gasteiger partial charge is 0.461 e. The summed E-state index contributed by atoms with van der Waals surface area (Å²) in [4.78, 5) is 20.2. The molecule has 0 spiro atoms. The van der Waals surface area contributed by atoms with Gasteiger partial charge in [0.2, 0.25) is 5.88 Å². The van der Waals surface area contributed by atoms with Gasteiger partial charge in [-0.3, -0.25) is 0 Å². The molecule has 0 amide bonds. The molecule has 0 unspecified atom stereocenters. The van der Waals surface area contributed by atoms with Gasteiger partial charge in [-0.1, -0.05) is 39.0 Å². The molecule has 28 heavy (non-hydrogen) atoms. The molecule has 0 radical (unpaired) electrons. The molecule has 0 bridgehead atoms. The number of anilines is 2. The Labute approximate surface area is 163 Å². The standard InChI is InChI=1S/C21H23N3O4/c1-5-26-19(25)16-13-27-20(24-16)23-15-10-8-12-22-18(15)28-17-11-7-6-9-14(17)21(2,3)4/h6-13H,5H2,1-4H3,(H,23,24). The van der Waals surface area contributed by atoms with Crippen LogP contribution in [0, 0.1) is 0 Å². The van der Waals surface area contributed by atoms with Crippen LogP contribution >= 0.6 is 0 Å².